The van der Waals surface area contributed by atoms with Crippen LogP contribution in [0.1, 0.15) is 5.56 Å². The maximum atomic E-state index is 13.2. The first kappa shape index (κ1) is 11.8. The second-order valence-corrected chi connectivity index (χ2v) is 3.97. The van der Waals surface area contributed by atoms with Gasteiger partial charge in [0.05, 0.1) is 0 Å². The Kier molecular flexibility index (Phi) is 3.25. The first-order valence-electron chi connectivity index (χ1n) is 4.99. The van der Waals surface area contributed by atoms with E-state index in [-0.39, 0.29) is 11.6 Å². The first-order valence-corrected chi connectivity index (χ1v) is 5.37. The zero-order valence-corrected chi connectivity index (χ0v) is 9.64. The molecule has 0 aliphatic rings. The van der Waals surface area contributed by atoms with E-state index in [1.165, 1.54) is 36.4 Å². The second kappa shape index (κ2) is 4.68. The maximum Gasteiger partial charge on any atom is 0.123 e. The SMILES string of the molecule is C=Cc1cc(F)ccc1-c1cc(F)ccc1Cl. The largest absolute Gasteiger partial charge is 0.207 e. The summed E-state index contributed by atoms with van der Waals surface area (Å²) in [6.07, 6.45) is 1.51. The molecule has 3 heteroatoms. The molecule has 0 bridgehead atoms. The molecule has 0 saturated carbocycles. The van der Waals surface area contributed by atoms with Gasteiger partial charge >= 0.3 is 0 Å². The first-order chi connectivity index (χ1) is 8.11. The van der Waals surface area contributed by atoms with Crippen molar-refractivity contribution < 1.29 is 8.78 Å². The van der Waals surface area contributed by atoms with E-state index >= 15 is 0 Å². The van der Waals surface area contributed by atoms with Crippen molar-refractivity contribution in [2.45, 2.75) is 0 Å². The zero-order valence-electron chi connectivity index (χ0n) is 8.88. The minimum Gasteiger partial charge on any atom is -0.207 e. The van der Waals surface area contributed by atoms with Crippen LogP contribution in [-0.2, 0) is 0 Å². The molecule has 0 saturated heterocycles. The van der Waals surface area contributed by atoms with Crippen LogP contribution in [0.5, 0.6) is 0 Å². The van der Waals surface area contributed by atoms with Crippen LogP contribution in [0, 0.1) is 11.6 Å². The van der Waals surface area contributed by atoms with Crippen LogP contribution >= 0.6 is 11.6 Å². The van der Waals surface area contributed by atoms with E-state index in [2.05, 4.69) is 6.58 Å². The lowest BCUT2D eigenvalue weighted by Crippen LogP contribution is -1.87. The molecule has 2 rings (SSSR count). The average molecular weight is 251 g/mol. The van der Waals surface area contributed by atoms with Crippen LogP contribution in [0.3, 0.4) is 0 Å². The summed E-state index contributed by atoms with van der Waals surface area (Å²) in [4.78, 5) is 0. The standard InChI is InChI=1S/C14H9ClF2/c1-2-9-7-10(16)3-5-12(9)13-8-11(17)4-6-14(13)15/h2-8H,1H2. The second-order valence-electron chi connectivity index (χ2n) is 3.56. The average Bonchev–Trinajstić information content (AvgIpc) is 2.32. The third-order valence-electron chi connectivity index (χ3n) is 2.45. The molecule has 17 heavy (non-hydrogen) atoms. The molecular weight excluding hydrogens is 242 g/mol. The van der Waals surface area contributed by atoms with E-state index in [0.717, 1.165) is 0 Å². The van der Waals surface area contributed by atoms with Gasteiger partial charge in [-0.25, -0.2) is 8.78 Å². The highest BCUT2D eigenvalue weighted by molar-refractivity contribution is 6.33. The van der Waals surface area contributed by atoms with E-state index in [9.17, 15) is 8.78 Å². The Bertz CT molecular complexity index is 576. The fourth-order valence-corrected chi connectivity index (χ4v) is 1.87. The topological polar surface area (TPSA) is 0 Å². The number of hydrogen-bond acceptors (Lipinski definition) is 0. The highest BCUT2D eigenvalue weighted by Crippen LogP contribution is 2.32. The van der Waals surface area contributed by atoms with Gasteiger partial charge in [0, 0.05) is 10.6 Å². The quantitative estimate of drug-likeness (QED) is 0.709. The number of benzene rings is 2. The van der Waals surface area contributed by atoms with Gasteiger partial charge in [-0.2, -0.15) is 0 Å². The summed E-state index contributed by atoms with van der Waals surface area (Å²) < 4.78 is 26.3. The Morgan fingerprint density at radius 1 is 0.941 bits per heavy atom. The van der Waals surface area contributed by atoms with Crippen LogP contribution in [0.4, 0.5) is 8.78 Å². The van der Waals surface area contributed by atoms with Crippen molar-refractivity contribution in [3.63, 3.8) is 0 Å². The fraction of sp³-hybridized carbons (Fsp3) is 0. The van der Waals surface area contributed by atoms with Crippen molar-refractivity contribution in [1.82, 2.24) is 0 Å². The lowest BCUT2D eigenvalue weighted by Gasteiger charge is -2.08. The van der Waals surface area contributed by atoms with Gasteiger partial charge in [0.25, 0.3) is 0 Å². The monoisotopic (exact) mass is 250 g/mol. The third-order valence-corrected chi connectivity index (χ3v) is 2.78. The van der Waals surface area contributed by atoms with Crippen LogP contribution in [-0.4, -0.2) is 0 Å². The minimum absolute atomic E-state index is 0.365. The van der Waals surface area contributed by atoms with Gasteiger partial charge < -0.3 is 0 Å². The van der Waals surface area contributed by atoms with Crippen LogP contribution in [0.15, 0.2) is 43.0 Å². The molecule has 0 amide bonds. The lowest BCUT2D eigenvalue weighted by molar-refractivity contribution is 0.627. The van der Waals surface area contributed by atoms with E-state index in [4.69, 9.17) is 11.6 Å². The van der Waals surface area contributed by atoms with Crippen LogP contribution in [0.25, 0.3) is 17.2 Å². The summed E-state index contributed by atoms with van der Waals surface area (Å²) in [5.74, 6) is -0.750. The maximum absolute atomic E-state index is 13.2. The number of halogens is 3. The lowest BCUT2D eigenvalue weighted by atomic mass is 9.99. The molecule has 86 valence electrons. The predicted molar refractivity (Wildman–Crippen MR) is 66.9 cm³/mol. The van der Waals surface area contributed by atoms with Crippen molar-refractivity contribution in [2.75, 3.05) is 0 Å². The summed E-state index contributed by atoms with van der Waals surface area (Å²) in [5.41, 5.74) is 1.77. The highest BCUT2D eigenvalue weighted by Gasteiger charge is 2.09. The summed E-state index contributed by atoms with van der Waals surface area (Å²) in [6.45, 7) is 3.61. The molecule has 0 fully saturated rings. The van der Waals surface area contributed by atoms with Crippen LogP contribution < -0.4 is 0 Å². The summed E-state index contributed by atoms with van der Waals surface area (Å²) >= 11 is 6.00. The Morgan fingerprint density at radius 3 is 2.29 bits per heavy atom. The molecule has 0 unspecified atom stereocenters. The van der Waals surface area contributed by atoms with E-state index in [1.54, 1.807) is 6.07 Å². The van der Waals surface area contributed by atoms with Crippen molar-refractivity contribution in [2.24, 2.45) is 0 Å². The Labute approximate surface area is 103 Å². The summed E-state index contributed by atoms with van der Waals surface area (Å²) in [6, 6.07) is 8.29. The molecule has 0 aliphatic heterocycles. The fourth-order valence-electron chi connectivity index (χ4n) is 1.65. The third kappa shape index (κ3) is 2.37. The Balaban J connectivity index is 2.67. The van der Waals surface area contributed by atoms with Gasteiger partial charge in [-0.3, -0.25) is 0 Å². The van der Waals surface area contributed by atoms with Gasteiger partial charge in [-0.05, 0) is 41.5 Å². The Morgan fingerprint density at radius 2 is 1.59 bits per heavy atom. The molecule has 0 N–H and O–H groups in total. The van der Waals surface area contributed by atoms with Gasteiger partial charge in [0.15, 0.2) is 0 Å². The molecule has 0 spiro atoms. The van der Waals surface area contributed by atoms with Crippen molar-refractivity contribution in [3.05, 3.63) is 65.2 Å². The Hall–Kier alpha value is -1.67. The normalized spacial score (nSPS) is 10.3. The van der Waals surface area contributed by atoms with Crippen LogP contribution in [0.2, 0.25) is 5.02 Å². The highest BCUT2D eigenvalue weighted by atomic mass is 35.5. The summed E-state index contributed by atoms with van der Waals surface area (Å²) in [5, 5.41) is 0.418. The number of hydrogen-bond donors (Lipinski definition) is 0. The van der Waals surface area contributed by atoms with Gasteiger partial charge in [-0.1, -0.05) is 30.3 Å². The molecule has 0 radical (unpaired) electrons. The van der Waals surface area contributed by atoms with Crippen molar-refractivity contribution >= 4 is 17.7 Å². The molecule has 0 atom stereocenters. The molecule has 0 aliphatic carbocycles. The van der Waals surface area contributed by atoms with Crippen molar-refractivity contribution in [3.8, 4) is 11.1 Å². The minimum atomic E-state index is -0.385. The molecule has 2 aromatic carbocycles. The zero-order chi connectivity index (χ0) is 12.4. The molecule has 2 aromatic rings. The van der Waals surface area contributed by atoms with Gasteiger partial charge in [-0.15, -0.1) is 0 Å². The molecule has 0 aromatic heterocycles. The summed E-state index contributed by atoms with van der Waals surface area (Å²) in [7, 11) is 0. The van der Waals surface area contributed by atoms with Crippen molar-refractivity contribution in [1.29, 1.82) is 0 Å². The van der Waals surface area contributed by atoms with E-state index in [0.29, 0.717) is 21.7 Å². The molecule has 0 heterocycles. The van der Waals surface area contributed by atoms with Gasteiger partial charge in [0.1, 0.15) is 11.6 Å². The van der Waals surface area contributed by atoms with E-state index in [1.807, 2.05) is 0 Å². The predicted octanol–water partition coefficient (Wildman–Crippen LogP) is 4.93. The number of rotatable bonds is 2. The molecular formula is C14H9ClF2. The smallest absolute Gasteiger partial charge is 0.123 e. The molecule has 0 nitrogen and oxygen atoms in total. The van der Waals surface area contributed by atoms with Gasteiger partial charge in [0.2, 0.25) is 0 Å². The van der Waals surface area contributed by atoms with E-state index < -0.39 is 0 Å².